The third-order valence-corrected chi connectivity index (χ3v) is 4.03. The van der Waals surface area contributed by atoms with Crippen LogP contribution in [0.2, 0.25) is 5.02 Å². The van der Waals surface area contributed by atoms with E-state index in [1.807, 2.05) is 36.4 Å². The standard InChI is InChI=1S/C14H13ClO2S/c1-17-12-4-2-3-5-14(12)18-13-7-6-10(9-16)8-11(13)15/h2-8,16H,9H2,1H3. The lowest BCUT2D eigenvalue weighted by atomic mass is 10.2. The summed E-state index contributed by atoms with van der Waals surface area (Å²) in [6, 6.07) is 13.3. The van der Waals surface area contributed by atoms with Gasteiger partial charge in [-0.2, -0.15) is 0 Å². The van der Waals surface area contributed by atoms with Gasteiger partial charge in [0.2, 0.25) is 0 Å². The van der Waals surface area contributed by atoms with E-state index in [1.165, 1.54) is 0 Å². The molecule has 2 aromatic carbocycles. The zero-order valence-corrected chi connectivity index (χ0v) is 11.5. The van der Waals surface area contributed by atoms with Crippen LogP contribution in [0.15, 0.2) is 52.3 Å². The zero-order chi connectivity index (χ0) is 13.0. The summed E-state index contributed by atoms with van der Waals surface area (Å²) in [7, 11) is 1.65. The number of rotatable bonds is 4. The highest BCUT2D eigenvalue weighted by Gasteiger charge is 2.07. The van der Waals surface area contributed by atoms with Crippen molar-refractivity contribution in [2.75, 3.05) is 7.11 Å². The summed E-state index contributed by atoms with van der Waals surface area (Å²) in [5.74, 6) is 0.824. The molecule has 1 N–H and O–H groups in total. The van der Waals surface area contributed by atoms with Crippen LogP contribution in [0.3, 0.4) is 0 Å². The monoisotopic (exact) mass is 280 g/mol. The molecule has 0 aromatic heterocycles. The fourth-order valence-electron chi connectivity index (χ4n) is 1.55. The highest BCUT2D eigenvalue weighted by atomic mass is 35.5. The van der Waals surface area contributed by atoms with Crippen molar-refractivity contribution in [1.29, 1.82) is 0 Å². The molecule has 2 nitrogen and oxygen atoms in total. The predicted octanol–water partition coefficient (Wildman–Crippen LogP) is 3.99. The minimum Gasteiger partial charge on any atom is -0.496 e. The van der Waals surface area contributed by atoms with Gasteiger partial charge in [-0.25, -0.2) is 0 Å². The van der Waals surface area contributed by atoms with Crippen molar-refractivity contribution in [1.82, 2.24) is 0 Å². The SMILES string of the molecule is COc1ccccc1Sc1ccc(CO)cc1Cl. The number of benzene rings is 2. The van der Waals surface area contributed by atoms with Crippen molar-refractivity contribution >= 4 is 23.4 Å². The van der Waals surface area contributed by atoms with Gasteiger partial charge in [0.15, 0.2) is 0 Å². The molecule has 0 unspecified atom stereocenters. The summed E-state index contributed by atoms with van der Waals surface area (Å²) >= 11 is 7.73. The summed E-state index contributed by atoms with van der Waals surface area (Å²) in [5.41, 5.74) is 0.810. The van der Waals surface area contributed by atoms with Gasteiger partial charge < -0.3 is 9.84 Å². The van der Waals surface area contributed by atoms with Gasteiger partial charge in [-0.15, -0.1) is 0 Å². The summed E-state index contributed by atoms with van der Waals surface area (Å²) in [5, 5.41) is 9.68. The summed E-state index contributed by atoms with van der Waals surface area (Å²) < 4.78 is 5.30. The molecule has 0 spiro atoms. The Morgan fingerprint density at radius 2 is 1.94 bits per heavy atom. The summed E-state index contributed by atoms with van der Waals surface area (Å²) in [6.45, 7) is -0.000670. The Hall–Kier alpha value is -1.16. The van der Waals surface area contributed by atoms with Gasteiger partial charge in [0.1, 0.15) is 5.75 Å². The highest BCUT2D eigenvalue weighted by Crippen LogP contribution is 2.38. The Morgan fingerprint density at radius 1 is 1.17 bits per heavy atom. The zero-order valence-electron chi connectivity index (χ0n) is 9.89. The van der Waals surface area contributed by atoms with Crippen LogP contribution in [0.4, 0.5) is 0 Å². The first-order valence-electron chi connectivity index (χ1n) is 5.44. The lowest BCUT2D eigenvalue weighted by molar-refractivity contribution is 0.282. The van der Waals surface area contributed by atoms with E-state index in [-0.39, 0.29) is 6.61 Å². The summed E-state index contributed by atoms with van der Waals surface area (Å²) in [6.07, 6.45) is 0. The van der Waals surface area contributed by atoms with Crippen LogP contribution in [0.1, 0.15) is 5.56 Å². The molecule has 0 saturated carbocycles. The first-order chi connectivity index (χ1) is 8.74. The molecular formula is C14H13ClO2S. The maximum atomic E-state index is 9.04. The molecule has 0 radical (unpaired) electrons. The Morgan fingerprint density at radius 3 is 2.61 bits per heavy atom. The van der Waals surface area contributed by atoms with Crippen LogP contribution < -0.4 is 4.74 Å². The Labute approximate surface area is 116 Å². The van der Waals surface area contributed by atoms with E-state index in [4.69, 9.17) is 21.4 Å². The average molecular weight is 281 g/mol. The normalized spacial score (nSPS) is 10.4. The van der Waals surface area contributed by atoms with Crippen molar-refractivity contribution in [3.05, 3.63) is 53.1 Å². The fraction of sp³-hybridized carbons (Fsp3) is 0.143. The van der Waals surface area contributed by atoms with Gasteiger partial charge >= 0.3 is 0 Å². The minimum atomic E-state index is -0.000670. The number of halogens is 1. The Balaban J connectivity index is 2.28. The van der Waals surface area contributed by atoms with Gasteiger partial charge in [-0.3, -0.25) is 0 Å². The van der Waals surface area contributed by atoms with E-state index in [1.54, 1.807) is 24.9 Å². The van der Waals surface area contributed by atoms with E-state index in [2.05, 4.69) is 0 Å². The third kappa shape index (κ3) is 2.99. The van der Waals surface area contributed by atoms with E-state index in [9.17, 15) is 0 Å². The van der Waals surface area contributed by atoms with Crippen LogP contribution in [0.5, 0.6) is 5.75 Å². The Kier molecular flexibility index (Phi) is 4.53. The van der Waals surface area contributed by atoms with Crippen molar-refractivity contribution in [3.8, 4) is 5.75 Å². The lowest BCUT2D eigenvalue weighted by Gasteiger charge is -2.09. The van der Waals surface area contributed by atoms with Crippen LogP contribution in [-0.4, -0.2) is 12.2 Å². The molecule has 0 bridgehead atoms. The molecular weight excluding hydrogens is 268 g/mol. The largest absolute Gasteiger partial charge is 0.496 e. The van der Waals surface area contributed by atoms with E-state index in [0.717, 1.165) is 21.1 Å². The number of aliphatic hydroxyl groups is 1. The number of methoxy groups -OCH3 is 1. The molecule has 18 heavy (non-hydrogen) atoms. The second-order valence-electron chi connectivity index (χ2n) is 3.68. The first kappa shape index (κ1) is 13.3. The molecule has 0 aliphatic heterocycles. The van der Waals surface area contributed by atoms with E-state index >= 15 is 0 Å². The molecule has 0 atom stereocenters. The quantitative estimate of drug-likeness (QED) is 0.918. The molecule has 0 aliphatic carbocycles. The van der Waals surface area contributed by atoms with Crippen molar-refractivity contribution in [2.24, 2.45) is 0 Å². The molecule has 0 heterocycles. The second-order valence-corrected chi connectivity index (χ2v) is 5.17. The number of hydrogen-bond acceptors (Lipinski definition) is 3. The number of para-hydroxylation sites is 1. The molecule has 2 rings (SSSR count). The number of aliphatic hydroxyl groups excluding tert-OH is 1. The molecule has 94 valence electrons. The maximum Gasteiger partial charge on any atom is 0.132 e. The van der Waals surface area contributed by atoms with Crippen molar-refractivity contribution < 1.29 is 9.84 Å². The van der Waals surface area contributed by atoms with Crippen LogP contribution in [0.25, 0.3) is 0 Å². The smallest absolute Gasteiger partial charge is 0.132 e. The average Bonchev–Trinajstić information content (AvgIpc) is 2.41. The first-order valence-corrected chi connectivity index (χ1v) is 6.64. The van der Waals surface area contributed by atoms with Crippen LogP contribution >= 0.6 is 23.4 Å². The van der Waals surface area contributed by atoms with Gasteiger partial charge in [0.25, 0.3) is 0 Å². The maximum absolute atomic E-state index is 9.04. The van der Waals surface area contributed by atoms with Gasteiger partial charge in [0.05, 0.1) is 23.6 Å². The topological polar surface area (TPSA) is 29.5 Å². The molecule has 4 heteroatoms. The molecule has 0 aliphatic rings. The highest BCUT2D eigenvalue weighted by molar-refractivity contribution is 7.99. The van der Waals surface area contributed by atoms with Gasteiger partial charge in [0, 0.05) is 4.90 Å². The van der Waals surface area contributed by atoms with E-state index in [0.29, 0.717) is 5.02 Å². The number of hydrogen-bond donors (Lipinski definition) is 1. The molecule has 0 fully saturated rings. The van der Waals surface area contributed by atoms with Crippen molar-refractivity contribution in [2.45, 2.75) is 16.4 Å². The molecule has 0 saturated heterocycles. The van der Waals surface area contributed by atoms with Gasteiger partial charge in [-0.1, -0.05) is 41.6 Å². The van der Waals surface area contributed by atoms with Crippen molar-refractivity contribution in [3.63, 3.8) is 0 Å². The molecule has 2 aromatic rings. The third-order valence-electron chi connectivity index (χ3n) is 2.47. The fourth-order valence-corrected chi connectivity index (χ4v) is 2.79. The second kappa shape index (κ2) is 6.14. The Bertz CT molecular complexity index is 543. The minimum absolute atomic E-state index is 0.000670. The number of ether oxygens (including phenoxy) is 1. The lowest BCUT2D eigenvalue weighted by Crippen LogP contribution is -1.87. The summed E-state index contributed by atoms with van der Waals surface area (Å²) in [4.78, 5) is 1.96. The van der Waals surface area contributed by atoms with E-state index < -0.39 is 0 Å². The van der Waals surface area contributed by atoms with Crippen LogP contribution in [0, 0.1) is 0 Å². The van der Waals surface area contributed by atoms with Gasteiger partial charge in [-0.05, 0) is 29.8 Å². The predicted molar refractivity (Wildman–Crippen MR) is 74.5 cm³/mol. The van der Waals surface area contributed by atoms with Crippen LogP contribution in [-0.2, 0) is 6.61 Å². The molecule has 0 amide bonds.